The fraction of sp³-hybridized carbons (Fsp3) is 0.700. The number of amides is 3. The Hall–Kier alpha value is -2.37. The van der Waals surface area contributed by atoms with E-state index in [2.05, 4.69) is 29.4 Å². The Balaban J connectivity index is 1.27. The highest BCUT2D eigenvalue weighted by atomic mass is 16.2. The lowest BCUT2D eigenvalue weighted by Crippen LogP contribution is -2.61. The zero-order valence-corrected chi connectivity index (χ0v) is 22.6. The number of benzene rings is 1. The third-order valence-electron chi connectivity index (χ3n) is 10.8. The molecular formula is C30H43N3O3. The number of rotatable bonds is 4. The molecule has 3 saturated carbocycles. The Morgan fingerprint density at radius 2 is 1.53 bits per heavy atom. The summed E-state index contributed by atoms with van der Waals surface area (Å²) in [6.07, 6.45) is 8.33. The fourth-order valence-electron chi connectivity index (χ4n) is 8.73. The predicted octanol–water partition coefficient (Wildman–Crippen LogP) is 5.70. The van der Waals surface area contributed by atoms with E-state index < -0.39 is 0 Å². The molecule has 6 heteroatoms. The molecule has 196 valence electrons. The van der Waals surface area contributed by atoms with Gasteiger partial charge in [-0.2, -0.15) is 0 Å². The molecule has 1 aromatic carbocycles. The van der Waals surface area contributed by atoms with Crippen molar-refractivity contribution in [2.45, 2.75) is 85.1 Å². The van der Waals surface area contributed by atoms with Crippen LogP contribution in [0.5, 0.6) is 0 Å². The molecule has 7 atom stereocenters. The second kappa shape index (κ2) is 9.18. The van der Waals surface area contributed by atoms with Crippen molar-refractivity contribution < 1.29 is 14.4 Å². The highest BCUT2D eigenvalue weighted by Crippen LogP contribution is 2.66. The Morgan fingerprint density at radius 1 is 0.889 bits per heavy atom. The van der Waals surface area contributed by atoms with Gasteiger partial charge in [0.25, 0.3) is 0 Å². The molecule has 1 heterocycles. The first-order chi connectivity index (χ1) is 17.0. The van der Waals surface area contributed by atoms with E-state index >= 15 is 0 Å². The van der Waals surface area contributed by atoms with Crippen LogP contribution in [0.3, 0.4) is 0 Å². The zero-order chi connectivity index (χ0) is 25.8. The molecule has 2 N–H and O–H groups in total. The van der Waals surface area contributed by atoms with Crippen molar-refractivity contribution in [3.05, 3.63) is 24.3 Å². The average Bonchev–Trinajstić information content (AvgIpc) is 3.20. The largest absolute Gasteiger partial charge is 0.342 e. The summed E-state index contributed by atoms with van der Waals surface area (Å²) in [6.45, 7) is 8.56. The molecular weight excluding hydrogens is 450 g/mol. The normalized spacial score (nSPS) is 37.7. The minimum Gasteiger partial charge on any atom is -0.342 e. The molecule has 36 heavy (non-hydrogen) atoms. The number of hydrogen-bond acceptors (Lipinski definition) is 3. The number of fused-ring (bicyclic) bond motifs is 5. The maximum Gasteiger partial charge on any atom is 0.228 e. The molecule has 5 rings (SSSR count). The summed E-state index contributed by atoms with van der Waals surface area (Å²) in [5.74, 6) is 2.29. The fourth-order valence-corrected chi connectivity index (χ4v) is 8.73. The highest BCUT2D eigenvalue weighted by Gasteiger charge is 2.62. The summed E-state index contributed by atoms with van der Waals surface area (Å²) in [6, 6.07) is 7.83. The van der Waals surface area contributed by atoms with Crippen LogP contribution in [0.25, 0.3) is 0 Å². The molecule has 3 amide bonds. The van der Waals surface area contributed by atoms with Gasteiger partial charge in [-0.05, 0) is 97.8 Å². The minimum absolute atomic E-state index is 0.0123. The average molecular weight is 494 g/mol. The summed E-state index contributed by atoms with van der Waals surface area (Å²) in [5, 5.41) is 6.09. The van der Waals surface area contributed by atoms with Crippen LogP contribution in [-0.2, 0) is 14.4 Å². The van der Waals surface area contributed by atoms with E-state index in [-0.39, 0.29) is 34.5 Å². The van der Waals surface area contributed by atoms with Crippen LogP contribution in [-0.4, -0.2) is 35.7 Å². The minimum atomic E-state index is -0.0744. The Kier molecular flexibility index (Phi) is 6.45. The van der Waals surface area contributed by atoms with Gasteiger partial charge in [0, 0.05) is 42.7 Å². The number of nitrogens with zero attached hydrogens (tertiary/aromatic N) is 1. The summed E-state index contributed by atoms with van der Waals surface area (Å²) in [5.41, 5.74) is 1.78. The van der Waals surface area contributed by atoms with Gasteiger partial charge < -0.3 is 15.5 Å². The SMILES string of the molecule is CC(C)C(=O)Nc1ccc(NC(=O)[C@H]2CC[C@H]3[C@@H]4CC[C@H]5N(C)C(=O)CC[C@]5(C)[C@H]4CC[C@]23C)cc1. The maximum absolute atomic E-state index is 13.5. The van der Waals surface area contributed by atoms with Crippen LogP contribution >= 0.6 is 0 Å². The van der Waals surface area contributed by atoms with Gasteiger partial charge >= 0.3 is 0 Å². The molecule has 6 nitrogen and oxygen atoms in total. The Morgan fingerprint density at radius 3 is 2.19 bits per heavy atom. The molecule has 1 saturated heterocycles. The standard InChI is InChI=1S/C30H43N3O3/c1-18(2)27(35)31-19-6-8-20(9-7-19)32-28(36)24-12-11-22-21-10-13-25-30(4,17-15-26(34)33(25)5)23(21)14-16-29(22,24)3/h6-9,18,21-25H,10-17H2,1-5H3,(H,31,35)(H,32,36)/t21-,22-,23-,24+,25+,29-,30+/m0/s1. The molecule has 0 bridgehead atoms. The molecule has 0 aromatic heterocycles. The first-order valence-electron chi connectivity index (χ1n) is 14.0. The van der Waals surface area contributed by atoms with E-state index in [1.165, 1.54) is 12.8 Å². The zero-order valence-electron chi connectivity index (χ0n) is 22.6. The van der Waals surface area contributed by atoms with Gasteiger partial charge in [-0.25, -0.2) is 0 Å². The highest BCUT2D eigenvalue weighted by molar-refractivity contribution is 5.95. The van der Waals surface area contributed by atoms with E-state index in [4.69, 9.17) is 0 Å². The summed E-state index contributed by atoms with van der Waals surface area (Å²) < 4.78 is 0. The topological polar surface area (TPSA) is 78.5 Å². The lowest BCUT2D eigenvalue weighted by molar-refractivity contribution is -0.159. The van der Waals surface area contributed by atoms with Crippen molar-refractivity contribution in [3.8, 4) is 0 Å². The van der Waals surface area contributed by atoms with Crippen molar-refractivity contribution in [2.24, 2.45) is 40.4 Å². The van der Waals surface area contributed by atoms with Gasteiger partial charge in [-0.3, -0.25) is 14.4 Å². The third kappa shape index (κ3) is 4.05. The van der Waals surface area contributed by atoms with Crippen LogP contribution in [0, 0.1) is 40.4 Å². The van der Waals surface area contributed by atoms with E-state index in [1.54, 1.807) is 0 Å². The van der Waals surface area contributed by atoms with Crippen molar-refractivity contribution in [3.63, 3.8) is 0 Å². The quantitative estimate of drug-likeness (QED) is 0.565. The van der Waals surface area contributed by atoms with E-state index in [1.807, 2.05) is 45.2 Å². The van der Waals surface area contributed by atoms with Crippen LogP contribution in [0.15, 0.2) is 24.3 Å². The molecule has 3 aliphatic carbocycles. The van der Waals surface area contributed by atoms with Gasteiger partial charge in [-0.1, -0.05) is 27.7 Å². The van der Waals surface area contributed by atoms with Crippen molar-refractivity contribution in [2.75, 3.05) is 17.7 Å². The van der Waals surface area contributed by atoms with Gasteiger partial charge in [-0.15, -0.1) is 0 Å². The smallest absolute Gasteiger partial charge is 0.228 e. The van der Waals surface area contributed by atoms with E-state index in [9.17, 15) is 14.4 Å². The number of hydrogen-bond donors (Lipinski definition) is 2. The number of piperidine rings is 1. The number of likely N-dealkylation sites (tertiary alicyclic amines) is 1. The second-order valence-electron chi connectivity index (χ2n) is 12.9. The molecule has 0 spiro atoms. The Labute approximate surface area is 216 Å². The van der Waals surface area contributed by atoms with Crippen LogP contribution in [0.4, 0.5) is 11.4 Å². The number of carbonyl (C=O) groups excluding carboxylic acids is 3. The second-order valence-corrected chi connectivity index (χ2v) is 12.9. The summed E-state index contributed by atoms with van der Waals surface area (Å²) in [4.78, 5) is 39.9. The summed E-state index contributed by atoms with van der Waals surface area (Å²) >= 11 is 0. The molecule has 0 radical (unpaired) electrons. The lowest BCUT2D eigenvalue weighted by Gasteiger charge is -2.61. The lowest BCUT2D eigenvalue weighted by atomic mass is 9.47. The number of nitrogens with one attached hydrogen (secondary N) is 2. The first-order valence-corrected chi connectivity index (χ1v) is 14.0. The molecule has 0 unspecified atom stereocenters. The molecule has 4 fully saturated rings. The van der Waals surface area contributed by atoms with Gasteiger partial charge in [0.1, 0.15) is 0 Å². The molecule has 1 aromatic rings. The van der Waals surface area contributed by atoms with E-state index in [0.29, 0.717) is 36.1 Å². The molecule has 1 aliphatic heterocycles. The van der Waals surface area contributed by atoms with Crippen LogP contribution < -0.4 is 10.6 Å². The number of anilines is 2. The van der Waals surface area contributed by atoms with Crippen molar-refractivity contribution in [1.82, 2.24) is 4.90 Å². The van der Waals surface area contributed by atoms with Crippen LogP contribution in [0.2, 0.25) is 0 Å². The monoisotopic (exact) mass is 493 g/mol. The van der Waals surface area contributed by atoms with E-state index in [0.717, 1.165) is 43.5 Å². The van der Waals surface area contributed by atoms with Gasteiger partial charge in [0.2, 0.25) is 17.7 Å². The van der Waals surface area contributed by atoms with Crippen molar-refractivity contribution >= 4 is 29.1 Å². The Bertz CT molecular complexity index is 1040. The molecule has 4 aliphatic rings. The van der Waals surface area contributed by atoms with Crippen LogP contribution in [0.1, 0.15) is 79.1 Å². The van der Waals surface area contributed by atoms with Gasteiger partial charge in [0.15, 0.2) is 0 Å². The first kappa shape index (κ1) is 25.3. The third-order valence-corrected chi connectivity index (χ3v) is 10.8. The van der Waals surface area contributed by atoms with Gasteiger partial charge in [0.05, 0.1) is 0 Å². The summed E-state index contributed by atoms with van der Waals surface area (Å²) in [7, 11) is 2.01. The predicted molar refractivity (Wildman–Crippen MR) is 142 cm³/mol. The van der Waals surface area contributed by atoms with Crippen molar-refractivity contribution in [1.29, 1.82) is 0 Å². The number of carbonyl (C=O) groups is 3. The maximum atomic E-state index is 13.5.